The molecule has 0 saturated carbocycles. The third kappa shape index (κ3) is 7.21. The van der Waals surface area contributed by atoms with Crippen molar-refractivity contribution in [1.82, 2.24) is 29.7 Å². The van der Waals surface area contributed by atoms with Crippen LogP contribution in [0, 0.1) is 17.6 Å². The van der Waals surface area contributed by atoms with E-state index in [2.05, 4.69) is 14.9 Å². The molecule has 0 unspecified atom stereocenters. The Morgan fingerprint density at radius 1 is 1.11 bits per heavy atom. The quantitative estimate of drug-likeness (QED) is 0.163. The zero-order valence-corrected chi connectivity index (χ0v) is 32.7. The number of hydrogen-bond donors (Lipinski definition) is 0. The summed E-state index contributed by atoms with van der Waals surface area (Å²) in [6.45, 7) is 8.81. The van der Waals surface area contributed by atoms with E-state index in [0.29, 0.717) is 66.7 Å². The number of ether oxygens (including phenoxy) is 2. The molecule has 0 bridgehead atoms. The van der Waals surface area contributed by atoms with Gasteiger partial charge in [-0.3, -0.25) is 14.7 Å². The van der Waals surface area contributed by atoms with E-state index in [9.17, 15) is 18.4 Å². The molecular weight excluding hydrogens is 747 g/mol. The normalized spacial score (nSPS) is 22.8. The van der Waals surface area contributed by atoms with Gasteiger partial charge in [0.1, 0.15) is 41.2 Å². The van der Waals surface area contributed by atoms with Crippen LogP contribution in [0.25, 0.3) is 32.9 Å². The molecule has 4 fully saturated rings. The number of nitrogens with zero attached hydrogens (tertiary/aromatic N) is 7. The molecule has 15 heteroatoms. The number of halogens is 4. The van der Waals surface area contributed by atoms with Crippen LogP contribution in [-0.2, 0) is 9.53 Å². The number of likely N-dealkylation sites (tertiary alicyclic amines) is 2. The molecule has 2 aromatic carbocycles. The van der Waals surface area contributed by atoms with Crippen molar-refractivity contribution in [1.29, 1.82) is 0 Å². The Balaban J connectivity index is 1.03. The van der Waals surface area contributed by atoms with Gasteiger partial charge in [0.2, 0.25) is 5.91 Å². The summed E-state index contributed by atoms with van der Waals surface area (Å²) in [7, 11) is 1.83. The second kappa shape index (κ2) is 14.7. The molecule has 3 atom stereocenters. The SMILES string of the molecule is CN(CC1CN(C(=O)/C=C/[C@H]2CCN2C(=O)OC(C)(C)C)C1)c1nc(OC[C@@]23CCCN2C[C@H](F)C3)nc2c(F)c(-c3cccc4ccc(F)c(Cl)c34)ncc12. The fraction of sp³-hybridized carbons (Fsp3) is 0.488. The molecule has 0 aliphatic carbocycles. The zero-order chi connectivity index (χ0) is 39.5. The fourth-order valence-electron chi connectivity index (χ4n) is 8.51. The average Bonchev–Trinajstić information content (AvgIpc) is 3.64. The van der Waals surface area contributed by atoms with Crippen molar-refractivity contribution in [3.63, 3.8) is 0 Å². The molecule has 8 rings (SSSR count). The number of alkyl halides is 1. The highest BCUT2D eigenvalue weighted by Crippen LogP contribution is 2.41. The summed E-state index contributed by atoms with van der Waals surface area (Å²) in [5, 5.41) is 1.16. The first-order valence-corrected chi connectivity index (χ1v) is 19.5. The van der Waals surface area contributed by atoms with E-state index < -0.39 is 35.0 Å². The summed E-state index contributed by atoms with van der Waals surface area (Å²) in [4.78, 5) is 46.7. The lowest BCUT2D eigenvalue weighted by Crippen LogP contribution is -2.54. The number of aromatic nitrogens is 3. The number of carbonyl (C=O) groups excluding carboxylic acids is 2. The Bertz CT molecular complexity index is 2230. The molecule has 4 aromatic rings. The molecule has 0 N–H and O–H groups in total. The van der Waals surface area contributed by atoms with E-state index in [1.807, 2.05) is 32.7 Å². The fourth-order valence-corrected chi connectivity index (χ4v) is 8.79. The molecule has 4 saturated heterocycles. The van der Waals surface area contributed by atoms with Crippen LogP contribution in [0.4, 0.5) is 23.8 Å². The van der Waals surface area contributed by atoms with E-state index >= 15 is 4.39 Å². The van der Waals surface area contributed by atoms with Gasteiger partial charge >= 0.3 is 12.1 Å². The second-order valence-electron chi connectivity index (χ2n) is 16.5. The summed E-state index contributed by atoms with van der Waals surface area (Å²) in [5.74, 6) is -1.04. The monoisotopic (exact) mass is 791 g/mol. The summed E-state index contributed by atoms with van der Waals surface area (Å²) in [5.41, 5.74) is -0.848. The Kier molecular flexibility index (Phi) is 10.0. The van der Waals surface area contributed by atoms with Gasteiger partial charge in [0.15, 0.2) is 5.82 Å². The number of hydrogen-bond acceptors (Lipinski definition) is 9. The lowest BCUT2D eigenvalue weighted by molar-refractivity contribution is -0.131. The first kappa shape index (κ1) is 38.2. The highest BCUT2D eigenvalue weighted by atomic mass is 35.5. The van der Waals surface area contributed by atoms with E-state index in [1.165, 1.54) is 18.3 Å². The summed E-state index contributed by atoms with van der Waals surface area (Å²) >= 11 is 6.42. The minimum atomic E-state index is -0.948. The van der Waals surface area contributed by atoms with E-state index in [1.54, 1.807) is 40.1 Å². The average molecular weight is 792 g/mol. The number of anilines is 1. The predicted molar refractivity (Wildman–Crippen MR) is 208 cm³/mol. The maximum Gasteiger partial charge on any atom is 0.410 e. The van der Waals surface area contributed by atoms with Crippen molar-refractivity contribution in [2.24, 2.45) is 5.92 Å². The van der Waals surface area contributed by atoms with Gasteiger partial charge in [-0.25, -0.2) is 18.0 Å². The highest BCUT2D eigenvalue weighted by Gasteiger charge is 2.49. The van der Waals surface area contributed by atoms with Crippen LogP contribution in [0.1, 0.15) is 46.5 Å². The van der Waals surface area contributed by atoms with Crippen LogP contribution < -0.4 is 9.64 Å². The topological polar surface area (TPSA) is 104 Å². The molecule has 4 aliphatic rings. The van der Waals surface area contributed by atoms with Gasteiger partial charge < -0.3 is 24.2 Å². The van der Waals surface area contributed by atoms with Gasteiger partial charge in [0, 0.05) is 75.3 Å². The first-order valence-electron chi connectivity index (χ1n) is 19.1. The standard InChI is InChI=1S/C41H45ClF3N7O4/c1-40(2,3)56-39(54)52-16-13-27(52)10-12-31(53)50-20-24(21-50)19-49(4)37-29-18-46-35(28-8-5-7-25-9-11-30(44)33(42)32(25)28)34(45)36(29)47-38(48-37)55-23-41-14-6-15-51(41)22-26(43)17-41/h5,7-12,18,24,26-27H,6,13-17,19-23H2,1-4H3/b12-10+/t26-,27+,41+/m1/s1. The van der Waals surface area contributed by atoms with Crippen LogP contribution in [0.5, 0.6) is 6.01 Å². The van der Waals surface area contributed by atoms with Crippen molar-refractivity contribution < 1.29 is 32.2 Å². The minimum Gasteiger partial charge on any atom is -0.461 e. The van der Waals surface area contributed by atoms with Crippen LogP contribution in [-0.4, -0.2) is 118 Å². The summed E-state index contributed by atoms with van der Waals surface area (Å²) in [6, 6.07) is 7.75. The van der Waals surface area contributed by atoms with Gasteiger partial charge in [-0.05, 0) is 58.0 Å². The largest absolute Gasteiger partial charge is 0.461 e. The molecule has 0 radical (unpaired) electrons. The lowest BCUT2D eigenvalue weighted by Gasteiger charge is -2.41. The zero-order valence-electron chi connectivity index (χ0n) is 31.9. The van der Waals surface area contributed by atoms with E-state index in [0.717, 1.165) is 25.8 Å². The molecule has 4 aliphatic heterocycles. The van der Waals surface area contributed by atoms with Crippen LogP contribution in [0.15, 0.2) is 48.7 Å². The van der Waals surface area contributed by atoms with Crippen molar-refractivity contribution in [3.05, 3.63) is 65.3 Å². The Hall–Kier alpha value is -4.69. The third-order valence-corrected chi connectivity index (χ3v) is 11.8. The molecule has 2 amide bonds. The minimum absolute atomic E-state index is 0.0334. The van der Waals surface area contributed by atoms with Gasteiger partial charge in [0.25, 0.3) is 0 Å². The smallest absolute Gasteiger partial charge is 0.410 e. The van der Waals surface area contributed by atoms with Crippen molar-refractivity contribution in [2.75, 3.05) is 57.8 Å². The van der Waals surface area contributed by atoms with Crippen molar-refractivity contribution >= 4 is 51.1 Å². The number of carbonyl (C=O) groups is 2. The second-order valence-corrected chi connectivity index (χ2v) is 16.9. The molecule has 11 nitrogen and oxygen atoms in total. The molecular formula is C41H45ClF3N7O4. The third-order valence-electron chi connectivity index (χ3n) is 11.4. The predicted octanol–water partition coefficient (Wildman–Crippen LogP) is 7.19. The maximum atomic E-state index is 16.8. The Labute approximate surface area is 328 Å². The van der Waals surface area contributed by atoms with E-state index in [4.69, 9.17) is 26.1 Å². The van der Waals surface area contributed by atoms with Gasteiger partial charge in [-0.2, -0.15) is 9.97 Å². The van der Waals surface area contributed by atoms with Crippen molar-refractivity contribution in [3.8, 4) is 17.3 Å². The highest BCUT2D eigenvalue weighted by molar-refractivity contribution is 6.36. The number of pyridine rings is 1. The van der Waals surface area contributed by atoms with E-state index in [-0.39, 0.29) is 46.7 Å². The number of rotatable bonds is 9. The molecule has 56 heavy (non-hydrogen) atoms. The number of amides is 2. The van der Waals surface area contributed by atoms with Gasteiger partial charge in [-0.15, -0.1) is 0 Å². The van der Waals surface area contributed by atoms with Crippen LogP contribution in [0.2, 0.25) is 5.02 Å². The van der Waals surface area contributed by atoms with Crippen LogP contribution in [0.3, 0.4) is 0 Å². The molecule has 6 heterocycles. The van der Waals surface area contributed by atoms with Gasteiger partial charge in [0.05, 0.1) is 22.0 Å². The summed E-state index contributed by atoms with van der Waals surface area (Å²) < 4.78 is 57.8. The Morgan fingerprint density at radius 2 is 1.91 bits per heavy atom. The lowest BCUT2D eigenvalue weighted by atomic mass is 9.95. The van der Waals surface area contributed by atoms with Crippen molar-refractivity contribution in [2.45, 2.75) is 69.8 Å². The maximum absolute atomic E-state index is 16.8. The van der Waals surface area contributed by atoms with Gasteiger partial charge in [-0.1, -0.05) is 41.9 Å². The number of fused-ring (bicyclic) bond motifs is 3. The molecule has 2 aromatic heterocycles. The summed E-state index contributed by atoms with van der Waals surface area (Å²) in [6.07, 6.45) is 6.26. The molecule has 0 spiro atoms. The molecule has 296 valence electrons. The first-order chi connectivity index (χ1) is 26.7. The van der Waals surface area contributed by atoms with Crippen LogP contribution >= 0.6 is 11.6 Å². The number of benzene rings is 2. The Morgan fingerprint density at radius 3 is 2.66 bits per heavy atom.